The molecule has 114 valence electrons. The molecule has 0 aliphatic rings. The van der Waals surface area contributed by atoms with Crippen molar-refractivity contribution in [2.45, 2.75) is 0 Å². The Kier molecular flexibility index (Phi) is 4.36. The molecular weight excluding hydrogens is 293 g/mol. The second kappa shape index (κ2) is 6.21. The highest BCUT2D eigenvalue weighted by Crippen LogP contribution is 2.38. The molecule has 0 aromatic heterocycles. The maximum Gasteiger partial charge on any atom is 0.315 e. The molecule has 0 heterocycles. The lowest BCUT2D eigenvalue weighted by Gasteiger charge is -2.10. The van der Waals surface area contributed by atoms with Gasteiger partial charge in [-0.2, -0.15) is 0 Å². The molecule has 0 radical (unpaired) electrons. The summed E-state index contributed by atoms with van der Waals surface area (Å²) in [5.74, 6) is -1.46. The lowest BCUT2D eigenvalue weighted by molar-refractivity contribution is -0.385. The van der Waals surface area contributed by atoms with Crippen molar-refractivity contribution < 1.29 is 23.6 Å². The summed E-state index contributed by atoms with van der Waals surface area (Å²) in [5.41, 5.74) is -0.667. The van der Waals surface area contributed by atoms with Crippen LogP contribution in [0.5, 0.6) is 11.5 Å². The van der Waals surface area contributed by atoms with E-state index >= 15 is 0 Å². The van der Waals surface area contributed by atoms with Crippen LogP contribution in [0.15, 0.2) is 36.4 Å². The van der Waals surface area contributed by atoms with Gasteiger partial charge in [-0.05, 0) is 18.2 Å². The SMILES string of the molecule is COc1cc(C(=O)c2ccccc2F)cc([N+](=O)[O-])c1OC. The van der Waals surface area contributed by atoms with Crippen molar-refractivity contribution in [2.75, 3.05) is 14.2 Å². The van der Waals surface area contributed by atoms with Gasteiger partial charge in [0.1, 0.15) is 5.82 Å². The van der Waals surface area contributed by atoms with Gasteiger partial charge in [0.15, 0.2) is 11.5 Å². The highest BCUT2D eigenvalue weighted by Gasteiger charge is 2.25. The van der Waals surface area contributed by atoms with E-state index in [0.717, 1.165) is 12.1 Å². The van der Waals surface area contributed by atoms with Gasteiger partial charge in [0.2, 0.25) is 5.75 Å². The van der Waals surface area contributed by atoms with Gasteiger partial charge in [0, 0.05) is 11.6 Å². The normalized spacial score (nSPS) is 10.1. The van der Waals surface area contributed by atoms with Crippen LogP contribution < -0.4 is 9.47 Å². The number of nitro groups is 1. The predicted octanol–water partition coefficient (Wildman–Crippen LogP) is 2.98. The number of nitro benzene ring substituents is 1. The first-order valence-electron chi connectivity index (χ1n) is 6.19. The number of rotatable bonds is 5. The smallest absolute Gasteiger partial charge is 0.315 e. The quantitative estimate of drug-likeness (QED) is 0.482. The van der Waals surface area contributed by atoms with E-state index in [9.17, 15) is 19.3 Å². The van der Waals surface area contributed by atoms with E-state index < -0.39 is 22.2 Å². The lowest BCUT2D eigenvalue weighted by Crippen LogP contribution is -2.06. The number of carbonyl (C=O) groups excluding carboxylic acids is 1. The zero-order valence-electron chi connectivity index (χ0n) is 11.8. The number of ether oxygens (including phenoxy) is 2. The highest BCUT2D eigenvalue weighted by atomic mass is 19.1. The highest BCUT2D eigenvalue weighted by molar-refractivity contribution is 6.10. The fourth-order valence-electron chi connectivity index (χ4n) is 2.01. The first-order valence-corrected chi connectivity index (χ1v) is 6.19. The number of methoxy groups -OCH3 is 2. The van der Waals surface area contributed by atoms with E-state index in [4.69, 9.17) is 9.47 Å². The molecule has 0 aliphatic carbocycles. The zero-order valence-corrected chi connectivity index (χ0v) is 11.8. The van der Waals surface area contributed by atoms with Gasteiger partial charge in [-0.1, -0.05) is 12.1 Å². The van der Waals surface area contributed by atoms with Gasteiger partial charge in [-0.25, -0.2) is 4.39 Å². The summed E-state index contributed by atoms with van der Waals surface area (Å²) in [5, 5.41) is 11.1. The molecule has 2 aromatic rings. The largest absolute Gasteiger partial charge is 0.493 e. The molecule has 22 heavy (non-hydrogen) atoms. The van der Waals surface area contributed by atoms with Gasteiger partial charge >= 0.3 is 5.69 Å². The molecule has 0 fully saturated rings. The monoisotopic (exact) mass is 305 g/mol. The number of hydrogen-bond donors (Lipinski definition) is 0. The molecule has 0 saturated heterocycles. The van der Waals surface area contributed by atoms with Crippen LogP contribution >= 0.6 is 0 Å². The Bertz CT molecular complexity index is 745. The third kappa shape index (κ3) is 2.73. The molecule has 0 N–H and O–H groups in total. The molecule has 0 unspecified atom stereocenters. The van der Waals surface area contributed by atoms with Gasteiger partial charge in [-0.3, -0.25) is 14.9 Å². The molecule has 2 rings (SSSR count). The number of nitrogens with zero attached hydrogens (tertiary/aromatic N) is 1. The Morgan fingerprint density at radius 2 is 1.86 bits per heavy atom. The average Bonchev–Trinajstić information content (AvgIpc) is 2.53. The maximum absolute atomic E-state index is 13.7. The Hall–Kier alpha value is -2.96. The Balaban J connectivity index is 2.61. The minimum Gasteiger partial charge on any atom is -0.493 e. The lowest BCUT2D eigenvalue weighted by atomic mass is 10.0. The van der Waals surface area contributed by atoms with Crippen molar-refractivity contribution in [1.29, 1.82) is 0 Å². The molecule has 2 aromatic carbocycles. The first kappa shape index (κ1) is 15.4. The van der Waals surface area contributed by atoms with E-state index in [-0.39, 0.29) is 22.6 Å². The summed E-state index contributed by atoms with van der Waals surface area (Å²) < 4.78 is 23.7. The number of hydrogen-bond acceptors (Lipinski definition) is 5. The van der Waals surface area contributed by atoms with Crippen LogP contribution in [0.4, 0.5) is 10.1 Å². The Morgan fingerprint density at radius 1 is 1.18 bits per heavy atom. The van der Waals surface area contributed by atoms with Gasteiger partial charge < -0.3 is 9.47 Å². The summed E-state index contributed by atoms with van der Waals surface area (Å²) in [6.45, 7) is 0. The number of benzene rings is 2. The number of ketones is 1. The van der Waals surface area contributed by atoms with Crippen LogP contribution in [0.1, 0.15) is 15.9 Å². The zero-order chi connectivity index (χ0) is 16.3. The Labute approximate surface area is 125 Å². The third-order valence-corrected chi connectivity index (χ3v) is 3.04. The molecule has 0 aliphatic heterocycles. The molecule has 0 atom stereocenters. The van der Waals surface area contributed by atoms with Crippen LogP contribution in [-0.2, 0) is 0 Å². The number of halogens is 1. The van der Waals surface area contributed by atoms with Crippen LogP contribution in [0.3, 0.4) is 0 Å². The minimum absolute atomic E-state index is 0.0244. The molecular formula is C15H12FNO5. The second-order valence-corrected chi connectivity index (χ2v) is 4.30. The van der Waals surface area contributed by atoms with Crippen LogP contribution in [0.2, 0.25) is 0 Å². The maximum atomic E-state index is 13.7. The van der Waals surface area contributed by atoms with Crippen LogP contribution in [-0.4, -0.2) is 24.9 Å². The van der Waals surface area contributed by atoms with E-state index in [1.165, 1.54) is 38.5 Å². The molecule has 0 bridgehead atoms. The summed E-state index contributed by atoms with van der Waals surface area (Å²) >= 11 is 0. The molecule has 0 spiro atoms. The van der Waals surface area contributed by atoms with Crippen molar-refractivity contribution >= 4 is 11.5 Å². The van der Waals surface area contributed by atoms with Crippen molar-refractivity contribution in [1.82, 2.24) is 0 Å². The molecule has 7 heteroatoms. The van der Waals surface area contributed by atoms with Crippen molar-refractivity contribution in [3.05, 3.63) is 63.5 Å². The average molecular weight is 305 g/mol. The van der Waals surface area contributed by atoms with Crippen molar-refractivity contribution in [3.63, 3.8) is 0 Å². The standard InChI is InChI=1S/C15H12FNO5/c1-21-13-8-9(7-12(17(19)20)15(13)22-2)14(18)10-5-3-4-6-11(10)16/h3-8H,1-2H3. The fourth-order valence-corrected chi connectivity index (χ4v) is 2.01. The first-order chi connectivity index (χ1) is 10.5. The van der Waals surface area contributed by atoms with Crippen molar-refractivity contribution in [2.24, 2.45) is 0 Å². The van der Waals surface area contributed by atoms with E-state index in [0.29, 0.717) is 0 Å². The summed E-state index contributed by atoms with van der Waals surface area (Å²) in [6.07, 6.45) is 0. The van der Waals surface area contributed by atoms with Gasteiger partial charge in [-0.15, -0.1) is 0 Å². The Morgan fingerprint density at radius 3 is 2.41 bits per heavy atom. The van der Waals surface area contributed by atoms with E-state index in [2.05, 4.69) is 0 Å². The molecule has 0 saturated carbocycles. The topological polar surface area (TPSA) is 78.7 Å². The summed E-state index contributed by atoms with van der Waals surface area (Å²) in [7, 11) is 2.54. The molecule has 6 nitrogen and oxygen atoms in total. The van der Waals surface area contributed by atoms with E-state index in [1.54, 1.807) is 0 Å². The van der Waals surface area contributed by atoms with Crippen LogP contribution in [0, 0.1) is 15.9 Å². The fraction of sp³-hybridized carbons (Fsp3) is 0.133. The van der Waals surface area contributed by atoms with Crippen molar-refractivity contribution in [3.8, 4) is 11.5 Å². The predicted molar refractivity (Wildman–Crippen MR) is 76.0 cm³/mol. The number of carbonyl (C=O) groups is 1. The van der Waals surface area contributed by atoms with E-state index in [1.807, 2.05) is 0 Å². The van der Waals surface area contributed by atoms with Gasteiger partial charge in [0.05, 0.1) is 24.7 Å². The summed E-state index contributed by atoms with van der Waals surface area (Å²) in [4.78, 5) is 22.8. The summed E-state index contributed by atoms with van der Waals surface area (Å²) in [6, 6.07) is 7.72. The van der Waals surface area contributed by atoms with Crippen LogP contribution in [0.25, 0.3) is 0 Å². The third-order valence-electron chi connectivity index (χ3n) is 3.04. The minimum atomic E-state index is -0.704. The second-order valence-electron chi connectivity index (χ2n) is 4.30. The van der Waals surface area contributed by atoms with Gasteiger partial charge in [0.25, 0.3) is 0 Å². The molecule has 0 amide bonds.